The van der Waals surface area contributed by atoms with Crippen LogP contribution in [0.2, 0.25) is 0 Å². The zero-order valence-corrected chi connectivity index (χ0v) is 14.0. The number of aryl methyl sites for hydroxylation is 1. The monoisotopic (exact) mass is 357 g/mol. The molecule has 0 aromatic heterocycles. The summed E-state index contributed by atoms with van der Waals surface area (Å²) < 4.78 is 24.0. The fourth-order valence-corrected chi connectivity index (χ4v) is 2.99. The van der Waals surface area contributed by atoms with Gasteiger partial charge in [-0.3, -0.25) is 4.79 Å². The Morgan fingerprint density at radius 1 is 1.16 bits per heavy atom. The highest BCUT2D eigenvalue weighted by molar-refractivity contribution is 7.89. The minimum atomic E-state index is -4.17. The highest BCUT2D eigenvalue weighted by Gasteiger charge is 2.22. The number of nitriles is 1. The maximum atomic E-state index is 12.1. The molecular formula is C16H15N5O3S. The molecule has 0 unspecified atom stereocenters. The molecule has 1 amide bonds. The average Bonchev–Trinajstić information content (AvgIpc) is 2.52. The van der Waals surface area contributed by atoms with Crippen LogP contribution in [0.25, 0.3) is 11.1 Å². The van der Waals surface area contributed by atoms with Gasteiger partial charge in [0.1, 0.15) is 0 Å². The normalized spacial score (nSPS) is 10.8. The molecule has 0 spiro atoms. The zero-order chi connectivity index (χ0) is 18.8. The summed E-state index contributed by atoms with van der Waals surface area (Å²) in [6, 6.07) is 11.1. The number of nitrogens with two attached hydrogens (primary N) is 3. The molecule has 0 saturated heterocycles. The number of amides is 1. The summed E-state index contributed by atoms with van der Waals surface area (Å²) in [4.78, 5) is 15.1. The second-order valence-electron chi connectivity index (χ2n) is 5.26. The molecule has 6 N–H and O–H groups in total. The summed E-state index contributed by atoms with van der Waals surface area (Å²) in [6.45, 7) is 1.88. The van der Waals surface area contributed by atoms with E-state index in [4.69, 9.17) is 16.6 Å². The number of primary sulfonamides is 1. The lowest BCUT2D eigenvalue weighted by atomic mass is 9.98. The Morgan fingerprint density at radius 3 is 2.24 bits per heavy atom. The smallest absolute Gasteiger partial charge is 0.281 e. The fraction of sp³-hybridized carbons (Fsp3) is 0.0625. The Balaban J connectivity index is 2.82. The van der Waals surface area contributed by atoms with Gasteiger partial charge in [0.25, 0.3) is 5.91 Å². The van der Waals surface area contributed by atoms with Crippen LogP contribution >= 0.6 is 0 Å². The molecule has 0 aliphatic carbocycles. The van der Waals surface area contributed by atoms with Gasteiger partial charge in [0.15, 0.2) is 5.96 Å². The minimum absolute atomic E-state index is 0.0713. The van der Waals surface area contributed by atoms with Crippen LogP contribution in [-0.2, 0) is 10.0 Å². The van der Waals surface area contributed by atoms with Crippen LogP contribution in [0.1, 0.15) is 21.5 Å². The first-order valence-corrected chi connectivity index (χ1v) is 8.50. The minimum Gasteiger partial charge on any atom is -0.370 e. The van der Waals surface area contributed by atoms with E-state index in [1.165, 1.54) is 6.07 Å². The molecule has 2 aromatic carbocycles. The number of carbonyl (C=O) groups excluding carboxylic acids is 1. The van der Waals surface area contributed by atoms with Crippen LogP contribution < -0.4 is 16.6 Å². The topological polar surface area (TPSA) is 165 Å². The van der Waals surface area contributed by atoms with Gasteiger partial charge in [0.2, 0.25) is 10.0 Å². The molecule has 0 bridgehead atoms. The van der Waals surface area contributed by atoms with Crippen molar-refractivity contribution in [3.8, 4) is 17.2 Å². The zero-order valence-electron chi connectivity index (χ0n) is 13.2. The number of aliphatic imine (C=N–C) groups is 1. The van der Waals surface area contributed by atoms with Crippen molar-refractivity contribution >= 4 is 21.9 Å². The number of carbonyl (C=O) groups is 1. The first-order chi connectivity index (χ1) is 11.6. The fourth-order valence-electron chi connectivity index (χ4n) is 2.22. The van der Waals surface area contributed by atoms with Gasteiger partial charge in [-0.25, -0.2) is 13.6 Å². The first kappa shape index (κ1) is 18.1. The SMILES string of the molecule is Cc1ccc(-c2cc(C#N)c(C(=O)N=C(N)N)cc2S(N)(=O)=O)cc1. The second kappa shape index (κ2) is 6.72. The predicted octanol–water partition coefficient (Wildman–Crippen LogP) is 0.595. The molecule has 0 atom stereocenters. The van der Waals surface area contributed by atoms with Crippen LogP contribution in [0, 0.1) is 18.3 Å². The number of benzene rings is 2. The quantitative estimate of drug-likeness (QED) is 0.537. The summed E-state index contributed by atoms with van der Waals surface area (Å²) in [7, 11) is -4.17. The van der Waals surface area contributed by atoms with Crippen molar-refractivity contribution in [3.05, 3.63) is 53.1 Å². The Kier molecular flexibility index (Phi) is 4.87. The maximum absolute atomic E-state index is 12.1. The van der Waals surface area contributed by atoms with Crippen LogP contribution in [0.15, 0.2) is 46.3 Å². The lowest BCUT2D eigenvalue weighted by Gasteiger charge is -2.11. The van der Waals surface area contributed by atoms with Crippen LogP contribution in [0.3, 0.4) is 0 Å². The molecule has 2 rings (SSSR count). The number of hydrogen-bond acceptors (Lipinski definition) is 4. The largest absolute Gasteiger partial charge is 0.370 e. The lowest BCUT2D eigenvalue weighted by Crippen LogP contribution is -2.24. The molecule has 8 nitrogen and oxygen atoms in total. The second-order valence-corrected chi connectivity index (χ2v) is 6.79. The Hall–Kier alpha value is -3.22. The predicted molar refractivity (Wildman–Crippen MR) is 92.8 cm³/mol. The summed E-state index contributed by atoms with van der Waals surface area (Å²) in [6.07, 6.45) is 0. The lowest BCUT2D eigenvalue weighted by molar-refractivity contribution is 0.100. The summed E-state index contributed by atoms with van der Waals surface area (Å²) in [5.41, 5.74) is 11.7. The van der Waals surface area contributed by atoms with Crippen LogP contribution in [0.5, 0.6) is 0 Å². The van der Waals surface area contributed by atoms with E-state index in [9.17, 15) is 18.5 Å². The summed E-state index contributed by atoms with van der Waals surface area (Å²) in [5, 5.41) is 14.6. The van der Waals surface area contributed by atoms with E-state index in [1.807, 2.05) is 13.0 Å². The molecule has 0 aliphatic rings. The van der Waals surface area contributed by atoms with Gasteiger partial charge in [-0.05, 0) is 24.6 Å². The van der Waals surface area contributed by atoms with E-state index in [-0.39, 0.29) is 21.6 Å². The number of hydrogen-bond donors (Lipinski definition) is 3. The van der Waals surface area contributed by atoms with Crippen molar-refractivity contribution in [2.75, 3.05) is 0 Å². The highest BCUT2D eigenvalue weighted by atomic mass is 32.2. The highest BCUT2D eigenvalue weighted by Crippen LogP contribution is 2.30. The van der Waals surface area contributed by atoms with Gasteiger partial charge < -0.3 is 11.5 Å². The van der Waals surface area contributed by atoms with Crippen molar-refractivity contribution < 1.29 is 13.2 Å². The van der Waals surface area contributed by atoms with Crippen molar-refractivity contribution in [1.82, 2.24) is 0 Å². The third-order valence-corrected chi connectivity index (χ3v) is 4.32. The van der Waals surface area contributed by atoms with Gasteiger partial charge in [0, 0.05) is 5.56 Å². The molecule has 0 fully saturated rings. The van der Waals surface area contributed by atoms with E-state index in [0.29, 0.717) is 5.56 Å². The van der Waals surface area contributed by atoms with Crippen LogP contribution in [-0.4, -0.2) is 20.3 Å². The van der Waals surface area contributed by atoms with E-state index >= 15 is 0 Å². The van der Waals surface area contributed by atoms with Gasteiger partial charge in [0.05, 0.1) is 22.1 Å². The molecule has 128 valence electrons. The first-order valence-electron chi connectivity index (χ1n) is 6.95. The van der Waals surface area contributed by atoms with Gasteiger partial charge in [-0.15, -0.1) is 0 Å². The van der Waals surface area contributed by atoms with Crippen molar-refractivity contribution in [1.29, 1.82) is 5.26 Å². The molecule has 2 aromatic rings. The molecule has 0 radical (unpaired) electrons. The van der Waals surface area contributed by atoms with Crippen molar-refractivity contribution in [2.24, 2.45) is 21.6 Å². The molecule has 0 aliphatic heterocycles. The molecule has 0 saturated carbocycles. The number of guanidine groups is 1. The summed E-state index contributed by atoms with van der Waals surface area (Å²) >= 11 is 0. The van der Waals surface area contributed by atoms with Crippen molar-refractivity contribution in [3.63, 3.8) is 0 Å². The van der Waals surface area contributed by atoms with Crippen LogP contribution in [0.4, 0.5) is 0 Å². The number of nitrogens with zero attached hydrogens (tertiary/aromatic N) is 2. The van der Waals surface area contributed by atoms with Crippen molar-refractivity contribution in [2.45, 2.75) is 11.8 Å². The van der Waals surface area contributed by atoms with E-state index < -0.39 is 21.9 Å². The number of rotatable bonds is 3. The van der Waals surface area contributed by atoms with Gasteiger partial charge in [-0.2, -0.15) is 10.3 Å². The third-order valence-electron chi connectivity index (χ3n) is 3.37. The molecule has 9 heteroatoms. The van der Waals surface area contributed by atoms with Gasteiger partial charge >= 0.3 is 0 Å². The van der Waals surface area contributed by atoms with E-state index in [2.05, 4.69) is 4.99 Å². The van der Waals surface area contributed by atoms with E-state index in [1.54, 1.807) is 24.3 Å². The Morgan fingerprint density at radius 2 is 1.76 bits per heavy atom. The standard InChI is InChI=1S/C16H15N5O3S/c1-9-2-4-10(5-3-9)12-6-11(8-17)13(15(22)21-16(18)19)7-14(12)25(20,23)24/h2-7H,1H3,(H2,20,23,24)(H4,18,19,21,22). The van der Waals surface area contributed by atoms with E-state index in [0.717, 1.165) is 11.6 Å². The Bertz CT molecular complexity index is 1010. The third kappa shape index (κ3) is 4.00. The molecule has 25 heavy (non-hydrogen) atoms. The van der Waals surface area contributed by atoms with Gasteiger partial charge in [-0.1, -0.05) is 29.8 Å². The molecular weight excluding hydrogens is 342 g/mol. The number of sulfonamides is 1. The summed E-state index contributed by atoms with van der Waals surface area (Å²) in [5.74, 6) is -1.44. The molecule has 0 heterocycles. The maximum Gasteiger partial charge on any atom is 0.281 e. The average molecular weight is 357 g/mol. The Labute approximate surface area is 144 Å².